The van der Waals surface area contributed by atoms with Gasteiger partial charge in [-0.05, 0) is 19.1 Å². The van der Waals surface area contributed by atoms with Crippen LogP contribution in [-0.2, 0) is 9.53 Å². The van der Waals surface area contributed by atoms with Crippen molar-refractivity contribution in [1.82, 2.24) is 0 Å². The van der Waals surface area contributed by atoms with Crippen LogP contribution >= 0.6 is 0 Å². The zero-order valence-electron chi connectivity index (χ0n) is 10.4. The highest BCUT2D eigenvalue weighted by Gasteiger charge is 2.22. The fourth-order valence-corrected chi connectivity index (χ4v) is 1.53. The van der Waals surface area contributed by atoms with Gasteiger partial charge in [0.25, 0.3) is 0 Å². The van der Waals surface area contributed by atoms with Crippen molar-refractivity contribution in [2.75, 3.05) is 24.8 Å². The van der Waals surface area contributed by atoms with E-state index >= 15 is 0 Å². The molecule has 0 amide bonds. The number of para-hydroxylation sites is 1. The molecule has 0 aromatic heterocycles. The Morgan fingerprint density at radius 3 is 2.56 bits per heavy atom. The fraction of sp³-hybridized carbons (Fsp3) is 0.364. The van der Waals surface area contributed by atoms with Crippen molar-refractivity contribution in [2.45, 2.75) is 13.0 Å². The predicted molar refractivity (Wildman–Crippen MR) is 67.7 cm³/mol. The minimum Gasteiger partial charge on any atom is -0.467 e. The Hall–Kier alpha value is -2.31. The average molecular weight is 253 g/mol. The molecule has 0 heterocycles. The SMILES string of the molecule is CNc1cccc(NC(C)C(=O)OC)c1[N+](=O)[O-]. The highest BCUT2D eigenvalue weighted by atomic mass is 16.6. The number of nitro benzene ring substituents is 1. The van der Waals surface area contributed by atoms with Gasteiger partial charge in [0.15, 0.2) is 0 Å². The number of ether oxygens (including phenoxy) is 1. The van der Waals surface area contributed by atoms with Gasteiger partial charge in [-0.3, -0.25) is 10.1 Å². The lowest BCUT2D eigenvalue weighted by molar-refractivity contribution is -0.383. The van der Waals surface area contributed by atoms with E-state index in [4.69, 9.17) is 0 Å². The standard InChI is InChI=1S/C11H15N3O4/c1-7(11(15)18-3)13-9-6-4-5-8(12-2)10(9)14(16)17/h4-7,12-13H,1-3H3. The van der Waals surface area contributed by atoms with Gasteiger partial charge >= 0.3 is 11.7 Å². The monoisotopic (exact) mass is 253 g/mol. The first-order valence-corrected chi connectivity index (χ1v) is 5.30. The molecule has 7 heteroatoms. The molecule has 1 rings (SSSR count). The molecule has 0 saturated carbocycles. The van der Waals surface area contributed by atoms with Crippen molar-refractivity contribution in [3.05, 3.63) is 28.3 Å². The van der Waals surface area contributed by atoms with E-state index in [0.717, 1.165) is 0 Å². The topological polar surface area (TPSA) is 93.5 Å². The largest absolute Gasteiger partial charge is 0.467 e. The Kier molecular flexibility index (Phi) is 4.47. The van der Waals surface area contributed by atoms with E-state index in [1.807, 2.05) is 0 Å². The number of benzene rings is 1. The Labute approximate surface area is 104 Å². The van der Waals surface area contributed by atoms with Crippen LogP contribution in [0.5, 0.6) is 0 Å². The lowest BCUT2D eigenvalue weighted by Crippen LogP contribution is -2.27. The number of rotatable bonds is 5. The van der Waals surface area contributed by atoms with Gasteiger partial charge in [0, 0.05) is 7.05 Å². The maximum Gasteiger partial charge on any atom is 0.327 e. The number of methoxy groups -OCH3 is 1. The van der Waals surface area contributed by atoms with Crippen LogP contribution < -0.4 is 10.6 Å². The van der Waals surface area contributed by atoms with Crippen molar-refractivity contribution in [1.29, 1.82) is 0 Å². The molecule has 1 aromatic carbocycles. The summed E-state index contributed by atoms with van der Waals surface area (Å²) in [5.74, 6) is -0.487. The van der Waals surface area contributed by atoms with Crippen LogP contribution in [0, 0.1) is 10.1 Å². The van der Waals surface area contributed by atoms with Crippen molar-refractivity contribution >= 4 is 23.0 Å². The van der Waals surface area contributed by atoms with Gasteiger partial charge in [-0.2, -0.15) is 0 Å². The molecule has 0 aliphatic heterocycles. The number of esters is 1. The summed E-state index contributed by atoms with van der Waals surface area (Å²) in [6, 6.07) is 4.12. The minimum atomic E-state index is -0.666. The van der Waals surface area contributed by atoms with Crippen LogP contribution in [0.25, 0.3) is 0 Å². The van der Waals surface area contributed by atoms with Crippen molar-refractivity contribution in [3.63, 3.8) is 0 Å². The van der Waals surface area contributed by atoms with E-state index in [1.54, 1.807) is 32.2 Å². The highest BCUT2D eigenvalue weighted by Crippen LogP contribution is 2.32. The van der Waals surface area contributed by atoms with Crippen LogP contribution in [0.3, 0.4) is 0 Å². The van der Waals surface area contributed by atoms with E-state index in [9.17, 15) is 14.9 Å². The van der Waals surface area contributed by atoms with Crippen LogP contribution in [0.4, 0.5) is 17.1 Å². The predicted octanol–water partition coefficient (Wildman–Crippen LogP) is 1.61. The molecule has 0 aliphatic rings. The van der Waals surface area contributed by atoms with Gasteiger partial charge < -0.3 is 15.4 Å². The smallest absolute Gasteiger partial charge is 0.327 e. The van der Waals surface area contributed by atoms with Gasteiger partial charge in [0.1, 0.15) is 17.4 Å². The molecule has 0 fully saturated rings. The second kappa shape index (κ2) is 5.85. The average Bonchev–Trinajstić information content (AvgIpc) is 2.36. The molecule has 1 unspecified atom stereocenters. The molecule has 1 aromatic rings. The van der Waals surface area contributed by atoms with Gasteiger partial charge in [0.2, 0.25) is 0 Å². The van der Waals surface area contributed by atoms with E-state index in [1.165, 1.54) is 7.11 Å². The summed E-state index contributed by atoms with van der Waals surface area (Å²) in [6.07, 6.45) is 0. The molecule has 0 saturated heterocycles. The summed E-state index contributed by atoms with van der Waals surface area (Å²) >= 11 is 0. The molecule has 0 aliphatic carbocycles. The van der Waals surface area contributed by atoms with Crippen LogP contribution in [0.1, 0.15) is 6.92 Å². The fourth-order valence-electron chi connectivity index (χ4n) is 1.53. The van der Waals surface area contributed by atoms with Gasteiger partial charge in [-0.1, -0.05) is 6.07 Å². The summed E-state index contributed by atoms with van der Waals surface area (Å²) < 4.78 is 4.55. The molecular weight excluding hydrogens is 238 g/mol. The molecule has 0 radical (unpaired) electrons. The molecule has 1 atom stereocenters. The molecule has 98 valence electrons. The van der Waals surface area contributed by atoms with Gasteiger partial charge in [0.05, 0.1) is 12.0 Å². The number of carbonyl (C=O) groups excluding carboxylic acids is 1. The van der Waals surface area contributed by atoms with E-state index in [-0.39, 0.29) is 11.4 Å². The second-order valence-corrected chi connectivity index (χ2v) is 3.60. The maximum absolute atomic E-state index is 11.3. The normalized spacial score (nSPS) is 11.5. The number of nitro groups is 1. The lowest BCUT2D eigenvalue weighted by atomic mass is 10.2. The third kappa shape index (κ3) is 2.88. The van der Waals surface area contributed by atoms with Crippen LogP contribution in [-0.4, -0.2) is 31.1 Å². The third-order valence-electron chi connectivity index (χ3n) is 2.41. The van der Waals surface area contributed by atoms with Crippen LogP contribution in [0.2, 0.25) is 0 Å². The number of carbonyl (C=O) groups is 1. The lowest BCUT2D eigenvalue weighted by Gasteiger charge is -2.14. The Balaban J connectivity index is 3.09. The van der Waals surface area contributed by atoms with Gasteiger partial charge in [-0.25, -0.2) is 4.79 Å². The maximum atomic E-state index is 11.3. The summed E-state index contributed by atoms with van der Waals surface area (Å²) in [4.78, 5) is 21.8. The van der Waals surface area contributed by atoms with Crippen molar-refractivity contribution in [3.8, 4) is 0 Å². The first-order valence-electron chi connectivity index (χ1n) is 5.30. The number of nitrogens with one attached hydrogen (secondary N) is 2. The summed E-state index contributed by atoms with van der Waals surface area (Å²) in [5.41, 5.74) is 0.544. The number of anilines is 2. The molecular formula is C11H15N3O4. The number of nitrogens with zero attached hydrogens (tertiary/aromatic N) is 1. The Morgan fingerprint density at radius 2 is 2.06 bits per heavy atom. The minimum absolute atomic E-state index is 0.101. The second-order valence-electron chi connectivity index (χ2n) is 3.60. The first kappa shape index (κ1) is 13.8. The molecule has 0 bridgehead atoms. The zero-order chi connectivity index (χ0) is 13.7. The number of hydrogen-bond donors (Lipinski definition) is 2. The summed E-state index contributed by atoms with van der Waals surface area (Å²) in [7, 11) is 2.86. The molecule has 7 nitrogen and oxygen atoms in total. The van der Waals surface area contributed by atoms with Crippen molar-refractivity contribution < 1.29 is 14.5 Å². The Bertz CT molecular complexity index is 462. The molecule has 18 heavy (non-hydrogen) atoms. The summed E-state index contributed by atoms with van der Waals surface area (Å²) in [5, 5.41) is 16.5. The molecule has 0 spiro atoms. The van der Waals surface area contributed by atoms with Gasteiger partial charge in [-0.15, -0.1) is 0 Å². The van der Waals surface area contributed by atoms with E-state index in [0.29, 0.717) is 5.69 Å². The van der Waals surface area contributed by atoms with E-state index < -0.39 is 16.9 Å². The quantitative estimate of drug-likeness (QED) is 0.470. The summed E-state index contributed by atoms with van der Waals surface area (Å²) in [6.45, 7) is 1.57. The zero-order valence-corrected chi connectivity index (χ0v) is 10.4. The van der Waals surface area contributed by atoms with E-state index in [2.05, 4.69) is 15.4 Å². The molecule has 2 N–H and O–H groups in total. The first-order chi connectivity index (χ1) is 8.51. The van der Waals surface area contributed by atoms with Crippen molar-refractivity contribution in [2.24, 2.45) is 0 Å². The Morgan fingerprint density at radius 1 is 1.44 bits per heavy atom. The third-order valence-corrected chi connectivity index (χ3v) is 2.41. The highest BCUT2D eigenvalue weighted by molar-refractivity contribution is 5.83. The van der Waals surface area contributed by atoms with Crippen LogP contribution in [0.15, 0.2) is 18.2 Å². The number of hydrogen-bond acceptors (Lipinski definition) is 6.